The molecule has 1 fully saturated rings. The summed E-state index contributed by atoms with van der Waals surface area (Å²) < 4.78 is 17.3. The number of fused-ring (bicyclic) bond motifs is 1. The largest absolute Gasteiger partial charge is 0.483 e. The topological polar surface area (TPSA) is 48.0 Å². The Hall–Kier alpha value is -1.75. The van der Waals surface area contributed by atoms with Gasteiger partial charge in [0.1, 0.15) is 5.60 Å². The highest BCUT2D eigenvalue weighted by Crippen LogP contribution is 2.41. The Morgan fingerprint density at radius 1 is 1.39 bits per heavy atom. The molecule has 0 saturated carbocycles. The molecule has 23 heavy (non-hydrogen) atoms. The number of para-hydroxylation sites is 1. The molecule has 3 rings (SSSR count). The molecule has 0 spiro atoms. The lowest BCUT2D eigenvalue weighted by molar-refractivity contribution is -0.145. The third-order valence-electron chi connectivity index (χ3n) is 4.33. The molecule has 2 atom stereocenters. The number of ether oxygens (including phenoxy) is 3. The van der Waals surface area contributed by atoms with E-state index in [1.54, 1.807) is 0 Å². The van der Waals surface area contributed by atoms with Gasteiger partial charge in [0.2, 0.25) is 0 Å². The van der Waals surface area contributed by atoms with Gasteiger partial charge in [0.15, 0.2) is 18.1 Å². The average molecular weight is 319 g/mol. The van der Waals surface area contributed by atoms with Gasteiger partial charge in [-0.3, -0.25) is 4.79 Å². The van der Waals surface area contributed by atoms with Crippen LogP contribution in [0.5, 0.6) is 11.5 Å². The van der Waals surface area contributed by atoms with E-state index in [-0.39, 0.29) is 30.3 Å². The van der Waals surface area contributed by atoms with Crippen molar-refractivity contribution in [3.8, 4) is 11.5 Å². The van der Waals surface area contributed by atoms with Crippen molar-refractivity contribution in [2.75, 3.05) is 19.8 Å². The minimum absolute atomic E-state index is 0.0116. The van der Waals surface area contributed by atoms with Crippen LogP contribution in [0.25, 0.3) is 0 Å². The van der Waals surface area contributed by atoms with Crippen LogP contribution in [0.2, 0.25) is 0 Å². The van der Waals surface area contributed by atoms with E-state index >= 15 is 0 Å². The molecular formula is C18H25NO4. The molecule has 1 saturated heterocycles. The predicted octanol–water partition coefficient (Wildman–Crippen LogP) is 2.41. The summed E-state index contributed by atoms with van der Waals surface area (Å²) in [6.07, 6.45) is 0.922. The Bertz CT molecular complexity index is 599. The molecule has 5 heteroatoms. The molecule has 0 aliphatic carbocycles. The van der Waals surface area contributed by atoms with Crippen molar-refractivity contribution in [3.05, 3.63) is 23.8 Å². The third-order valence-corrected chi connectivity index (χ3v) is 4.33. The van der Waals surface area contributed by atoms with E-state index in [1.165, 1.54) is 0 Å². The fourth-order valence-corrected chi connectivity index (χ4v) is 3.17. The van der Waals surface area contributed by atoms with Crippen molar-refractivity contribution in [1.29, 1.82) is 0 Å². The average Bonchev–Trinajstić information content (AvgIpc) is 2.81. The van der Waals surface area contributed by atoms with Gasteiger partial charge >= 0.3 is 0 Å². The van der Waals surface area contributed by atoms with E-state index in [0.29, 0.717) is 18.9 Å². The molecule has 2 unspecified atom stereocenters. The van der Waals surface area contributed by atoms with Crippen LogP contribution >= 0.6 is 0 Å². The van der Waals surface area contributed by atoms with Crippen LogP contribution in [-0.2, 0) is 16.0 Å². The Labute approximate surface area is 137 Å². The van der Waals surface area contributed by atoms with Gasteiger partial charge in [-0.15, -0.1) is 0 Å². The summed E-state index contributed by atoms with van der Waals surface area (Å²) in [5, 5.41) is 0. The highest BCUT2D eigenvalue weighted by molar-refractivity contribution is 5.78. The van der Waals surface area contributed by atoms with Crippen LogP contribution in [0.3, 0.4) is 0 Å². The monoisotopic (exact) mass is 319 g/mol. The Morgan fingerprint density at radius 2 is 2.17 bits per heavy atom. The number of rotatable bonds is 3. The number of carbonyl (C=O) groups excluding carboxylic acids is 1. The Morgan fingerprint density at radius 3 is 2.96 bits per heavy atom. The molecule has 1 aromatic carbocycles. The number of amides is 1. The maximum absolute atomic E-state index is 12.5. The van der Waals surface area contributed by atoms with Crippen molar-refractivity contribution in [1.82, 2.24) is 4.90 Å². The van der Waals surface area contributed by atoms with E-state index in [9.17, 15) is 4.79 Å². The number of morpholine rings is 1. The fraction of sp³-hybridized carbons (Fsp3) is 0.611. The molecule has 0 aromatic heterocycles. The van der Waals surface area contributed by atoms with E-state index in [0.717, 1.165) is 17.7 Å². The summed E-state index contributed by atoms with van der Waals surface area (Å²) in [6, 6.07) is 5.94. The van der Waals surface area contributed by atoms with Crippen LogP contribution in [0, 0.1) is 0 Å². The van der Waals surface area contributed by atoms with Gasteiger partial charge in [-0.1, -0.05) is 12.1 Å². The lowest BCUT2D eigenvalue weighted by Gasteiger charge is -2.36. The van der Waals surface area contributed by atoms with Crippen LogP contribution in [-0.4, -0.2) is 48.3 Å². The maximum atomic E-state index is 12.5. The molecule has 2 aliphatic heterocycles. The summed E-state index contributed by atoms with van der Waals surface area (Å²) in [5.74, 6) is 1.41. The lowest BCUT2D eigenvalue weighted by atomic mass is 10.0. The van der Waals surface area contributed by atoms with Crippen molar-refractivity contribution in [2.45, 2.75) is 51.9 Å². The fourth-order valence-electron chi connectivity index (χ4n) is 3.17. The van der Waals surface area contributed by atoms with Gasteiger partial charge in [0, 0.05) is 18.5 Å². The highest BCUT2D eigenvalue weighted by atomic mass is 16.5. The minimum atomic E-state index is -0.222. The van der Waals surface area contributed by atoms with Crippen molar-refractivity contribution in [2.24, 2.45) is 0 Å². The van der Waals surface area contributed by atoms with E-state index in [4.69, 9.17) is 14.2 Å². The Kier molecular flexibility index (Phi) is 4.23. The highest BCUT2D eigenvalue weighted by Gasteiger charge is 2.33. The maximum Gasteiger partial charge on any atom is 0.260 e. The second-order valence-electron chi connectivity index (χ2n) is 7.11. The summed E-state index contributed by atoms with van der Waals surface area (Å²) >= 11 is 0. The first-order chi connectivity index (χ1) is 10.9. The zero-order chi connectivity index (χ0) is 16.6. The summed E-state index contributed by atoms with van der Waals surface area (Å²) in [6.45, 7) is 9.29. The number of carbonyl (C=O) groups is 1. The standard InChI is InChI=1S/C18H25NO4/c1-12-10-21-13(2)9-19(12)16(20)11-22-15-7-5-6-14-8-18(3,4)23-17(14)15/h5-7,12-13H,8-11H2,1-4H3. The first-order valence-corrected chi connectivity index (χ1v) is 8.20. The third kappa shape index (κ3) is 3.44. The van der Waals surface area contributed by atoms with Crippen LogP contribution in [0.4, 0.5) is 0 Å². The molecular weight excluding hydrogens is 294 g/mol. The molecule has 2 heterocycles. The van der Waals surface area contributed by atoms with E-state index in [1.807, 2.05) is 36.9 Å². The van der Waals surface area contributed by atoms with Gasteiger partial charge in [-0.25, -0.2) is 0 Å². The van der Waals surface area contributed by atoms with E-state index in [2.05, 4.69) is 13.8 Å². The molecule has 2 aliphatic rings. The van der Waals surface area contributed by atoms with Crippen molar-refractivity contribution in [3.63, 3.8) is 0 Å². The number of benzene rings is 1. The quantitative estimate of drug-likeness (QED) is 0.858. The molecule has 5 nitrogen and oxygen atoms in total. The summed E-state index contributed by atoms with van der Waals surface area (Å²) in [4.78, 5) is 14.3. The zero-order valence-electron chi connectivity index (χ0n) is 14.3. The number of nitrogens with zero attached hydrogens (tertiary/aromatic N) is 1. The predicted molar refractivity (Wildman–Crippen MR) is 86.9 cm³/mol. The molecule has 1 amide bonds. The van der Waals surface area contributed by atoms with E-state index < -0.39 is 0 Å². The van der Waals surface area contributed by atoms with Gasteiger partial charge in [-0.2, -0.15) is 0 Å². The van der Waals surface area contributed by atoms with Crippen LogP contribution < -0.4 is 9.47 Å². The van der Waals surface area contributed by atoms with Crippen LogP contribution in [0.15, 0.2) is 18.2 Å². The number of hydrogen-bond donors (Lipinski definition) is 0. The summed E-state index contributed by atoms with van der Waals surface area (Å²) in [7, 11) is 0. The molecule has 1 aromatic rings. The smallest absolute Gasteiger partial charge is 0.260 e. The first kappa shape index (κ1) is 16.1. The Balaban J connectivity index is 1.66. The molecule has 126 valence electrons. The SMILES string of the molecule is CC1CN(C(=O)COc2cccc3c2OC(C)(C)C3)C(C)CO1. The van der Waals surface area contributed by atoms with Gasteiger partial charge in [-0.05, 0) is 33.8 Å². The normalized spacial score (nSPS) is 25.7. The van der Waals surface area contributed by atoms with Crippen LogP contribution in [0.1, 0.15) is 33.3 Å². The summed E-state index contributed by atoms with van der Waals surface area (Å²) in [5.41, 5.74) is 0.910. The molecule has 0 radical (unpaired) electrons. The van der Waals surface area contributed by atoms with Gasteiger partial charge < -0.3 is 19.1 Å². The molecule has 0 bridgehead atoms. The second-order valence-corrected chi connectivity index (χ2v) is 7.11. The second kappa shape index (κ2) is 6.04. The lowest BCUT2D eigenvalue weighted by Crippen LogP contribution is -2.51. The first-order valence-electron chi connectivity index (χ1n) is 8.20. The van der Waals surface area contributed by atoms with Crippen molar-refractivity contribution < 1.29 is 19.0 Å². The van der Waals surface area contributed by atoms with Crippen molar-refractivity contribution >= 4 is 5.91 Å². The van der Waals surface area contributed by atoms with Gasteiger partial charge in [0.05, 0.1) is 18.8 Å². The minimum Gasteiger partial charge on any atom is -0.483 e. The number of hydrogen-bond acceptors (Lipinski definition) is 4. The van der Waals surface area contributed by atoms with Gasteiger partial charge in [0.25, 0.3) is 5.91 Å². The molecule has 0 N–H and O–H groups in total. The zero-order valence-corrected chi connectivity index (χ0v) is 14.3.